The average molecular weight is 240 g/mol. The Hall–Kier alpha value is -0.0800. The van der Waals surface area contributed by atoms with Crippen molar-refractivity contribution in [3.8, 4) is 0 Å². The predicted molar refractivity (Wildman–Crippen MR) is 76.3 cm³/mol. The van der Waals surface area contributed by atoms with Crippen LogP contribution in [0, 0.1) is 17.8 Å². The van der Waals surface area contributed by atoms with Gasteiger partial charge < -0.3 is 10.2 Å². The minimum absolute atomic E-state index is 0.743. The fraction of sp³-hybridized carbons (Fsp3) is 1.00. The maximum Gasteiger partial charge on any atom is 0.00697 e. The smallest absolute Gasteiger partial charge is 0.00697 e. The molecular weight excluding hydrogens is 208 g/mol. The summed E-state index contributed by atoms with van der Waals surface area (Å²) >= 11 is 0. The number of rotatable bonds is 4. The molecule has 1 aliphatic heterocycles. The lowest BCUT2D eigenvalue weighted by Gasteiger charge is -2.37. The van der Waals surface area contributed by atoms with Gasteiger partial charge in [-0.1, -0.05) is 34.1 Å². The SMILES string of the molecule is CCC(C)CC(C)N1CC(C)CNCC(C)C1. The van der Waals surface area contributed by atoms with Crippen molar-refractivity contribution in [1.29, 1.82) is 0 Å². The molecule has 17 heavy (non-hydrogen) atoms. The van der Waals surface area contributed by atoms with Gasteiger partial charge in [0.15, 0.2) is 0 Å². The maximum atomic E-state index is 3.57. The Morgan fingerprint density at radius 2 is 1.65 bits per heavy atom. The number of hydrogen-bond donors (Lipinski definition) is 1. The molecule has 0 aliphatic carbocycles. The molecule has 0 amide bonds. The van der Waals surface area contributed by atoms with Crippen LogP contribution in [0.2, 0.25) is 0 Å². The van der Waals surface area contributed by atoms with Crippen molar-refractivity contribution >= 4 is 0 Å². The normalized spacial score (nSPS) is 31.6. The largest absolute Gasteiger partial charge is 0.316 e. The van der Waals surface area contributed by atoms with Gasteiger partial charge in [0.2, 0.25) is 0 Å². The van der Waals surface area contributed by atoms with Gasteiger partial charge in [-0.25, -0.2) is 0 Å². The van der Waals surface area contributed by atoms with Gasteiger partial charge in [-0.3, -0.25) is 0 Å². The van der Waals surface area contributed by atoms with Gasteiger partial charge in [0, 0.05) is 19.1 Å². The zero-order valence-corrected chi connectivity index (χ0v) is 12.5. The van der Waals surface area contributed by atoms with E-state index in [0.717, 1.165) is 23.8 Å². The lowest BCUT2D eigenvalue weighted by Crippen LogP contribution is -2.46. The molecule has 4 atom stereocenters. The molecule has 0 spiro atoms. The molecule has 1 heterocycles. The van der Waals surface area contributed by atoms with Gasteiger partial charge in [-0.05, 0) is 44.2 Å². The highest BCUT2D eigenvalue weighted by molar-refractivity contribution is 4.77. The Morgan fingerprint density at radius 1 is 1.12 bits per heavy atom. The Bertz CT molecular complexity index is 193. The first-order chi connectivity index (χ1) is 8.02. The molecule has 0 aromatic heterocycles. The van der Waals surface area contributed by atoms with Gasteiger partial charge in [0.1, 0.15) is 0 Å². The third kappa shape index (κ3) is 5.39. The quantitative estimate of drug-likeness (QED) is 0.812. The van der Waals surface area contributed by atoms with E-state index in [1.165, 1.54) is 39.0 Å². The number of nitrogens with one attached hydrogen (secondary N) is 1. The zero-order chi connectivity index (χ0) is 12.8. The van der Waals surface area contributed by atoms with Gasteiger partial charge in [0.05, 0.1) is 0 Å². The molecule has 1 rings (SSSR count). The summed E-state index contributed by atoms with van der Waals surface area (Å²) in [6.07, 6.45) is 2.66. The monoisotopic (exact) mass is 240 g/mol. The topological polar surface area (TPSA) is 15.3 Å². The van der Waals surface area contributed by atoms with Crippen LogP contribution in [0.4, 0.5) is 0 Å². The van der Waals surface area contributed by atoms with E-state index < -0.39 is 0 Å². The summed E-state index contributed by atoms with van der Waals surface area (Å²) in [4.78, 5) is 2.72. The third-order valence-electron chi connectivity index (χ3n) is 4.14. The van der Waals surface area contributed by atoms with Crippen LogP contribution in [0.5, 0.6) is 0 Å². The molecule has 2 nitrogen and oxygen atoms in total. The van der Waals surface area contributed by atoms with Crippen molar-refractivity contribution in [2.45, 2.75) is 53.5 Å². The standard InChI is InChI=1S/C15H32N2/c1-6-12(2)7-15(5)17-10-13(3)8-16-9-14(4)11-17/h12-16H,6-11H2,1-5H3. The highest BCUT2D eigenvalue weighted by atomic mass is 15.2. The summed E-state index contributed by atoms with van der Waals surface area (Å²) in [5.41, 5.74) is 0. The Kier molecular flexibility index (Phi) is 6.50. The van der Waals surface area contributed by atoms with Crippen LogP contribution in [0.3, 0.4) is 0 Å². The van der Waals surface area contributed by atoms with Crippen LogP contribution in [0.25, 0.3) is 0 Å². The van der Waals surface area contributed by atoms with E-state index in [-0.39, 0.29) is 0 Å². The Labute approximate surface area is 108 Å². The Balaban J connectivity index is 2.51. The van der Waals surface area contributed by atoms with E-state index in [0.29, 0.717) is 0 Å². The molecule has 2 heteroatoms. The summed E-state index contributed by atoms with van der Waals surface area (Å²) in [5, 5.41) is 3.57. The summed E-state index contributed by atoms with van der Waals surface area (Å²) in [7, 11) is 0. The molecule has 0 aromatic carbocycles. The fourth-order valence-corrected chi connectivity index (χ4v) is 2.84. The van der Waals surface area contributed by atoms with Crippen LogP contribution >= 0.6 is 0 Å². The van der Waals surface area contributed by atoms with Crippen molar-refractivity contribution in [3.05, 3.63) is 0 Å². The van der Waals surface area contributed by atoms with E-state index in [1.54, 1.807) is 0 Å². The summed E-state index contributed by atoms with van der Waals surface area (Å²) in [6.45, 7) is 16.7. The zero-order valence-electron chi connectivity index (χ0n) is 12.5. The van der Waals surface area contributed by atoms with E-state index in [9.17, 15) is 0 Å². The minimum Gasteiger partial charge on any atom is -0.316 e. The molecule has 0 saturated carbocycles. The third-order valence-corrected chi connectivity index (χ3v) is 4.14. The summed E-state index contributed by atoms with van der Waals surface area (Å²) in [5.74, 6) is 2.42. The van der Waals surface area contributed by atoms with Crippen LogP contribution in [-0.2, 0) is 0 Å². The molecule has 4 unspecified atom stereocenters. The molecule has 0 radical (unpaired) electrons. The second kappa shape index (κ2) is 7.38. The number of nitrogens with zero attached hydrogens (tertiary/aromatic N) is 1. The van der Waals surface area contributed by atoms with Gasteiger partial charge in [0.25, 0.3) is 0 Å². The van der Waals surface area contributed by atoms with Gasteiger partial charge in [-0.15, -0.1) is 0 Å². The molecule has 0 bridgehead atoms. The molecule has 0 aromatic rings. The summed E-state index contributed by atoms with van der Waals surface area (Å²) < 4.78 is 0. The van der Waals surface area contributed by atoms with E-state index in [4.69, 9.17) is 0 Å². The lowest BCUT2D eigenvalue weighted by atomic mass is 9.96. The van der Waals surface area contributed by atoms with Crippen molar-refractivity contribution < 1.29 is 0 Å². The average Bonchev–Trinajstić information content (AvgIpc) is 2.25. The molecule has 102 valence electrons. The molecule has 1 fully saturated rings. The van der Waals surface area contributed by atoms with Crippen molar-refractivity contribution in [2.75, 3.05) is 26.2 Å². The van der Waals surface area contributed by atoms with Crippen LogP contribution < -0.4 is 5.32 Å². The Morgan fingerprint density at radius 3 is 2.12 bits per heavy atom. The van der Waals surface area contributed by atoms with Crippen molar-refractivity contribution in [1.82, 2.24) is 10.2 Å². The van der Waals surface area contributed by atoms with Gasteiger partial charge >= 0.3 is 0 Å². The molecule has 1 N–H and O–H groups in total. The van der Waals surface area contributed by atoms with Crippen LogP contribution in [0.15, 0.2) is 0 Å². The second-order valence-corrected chi connectivity index (χ2v) is 6.42. The fourth-order valence-electron chi connectivity index (χ4n) is 2.84. The van der Waals surface area contributed by atoms with E-state index in [2.05, 4.69) is 44.8 Å². The first-order valence-electron chi connectivity index (χ1n) is 7.47. The first-order valence-corrected chi connectivity index (χ1v) is 7.47. The molecule has 1 saturated heterocycles. The van der Waals surface area contributed by atoms with Crippen LogP contribution in [0.1, 0.15) is 47.5 Å². The molecule has 1 aliphatic rings. The highest BCUT2D eigenvalue weighted by Crippen LogP contribution is 2.18. The summed E-state index contributed by atoms with van der Waals surface area (Å²) in [6, 6.07) is 0.743. The molecular formula is C15H32N2. The lowest BCUT2D eigenvalue weighted by molar-refractivity contribution is 0.126. The first kappa shape index (κ1) is 15.0. The van der Waals surface area contributed by atoms with Crippen LogP contribution in [-0.4, -0.2) is 37.1 Å². The van der Waals surface area contributed by atoms with Crippen molar-refractivity contribution in [2.24, 2.45) is 17.8 Å². The number of hydrogen-bond acceptors (Lipinski definition) is 2. The second-order valence-electron chi connectivity index (χ2n) is 6.42. The van der Waals surface area contributed by atoms with Gasteiger partial charge in [-0.2, -0.15) is 0 Å². The predicted octanol–water partition coefficient (Wildman–Crippen LogP) is 2.99. The highest BCUT2D eigenvalue weighted by Gasteiger charge is 2.22. The van der Waals surface area contributed by atoms with E-state index >= 15 is 0 Å². The maximum absolute atomic E-state index is 3.57. The van der Waals surface area contributed by atoms with E-state index in [1.807, 2.05) is 0 Å². The van der Waals surface area contributed by atoms with Crippen molar-refractivity contribution in [3.63, 3.8) is 0 Å². The minimum atomic E-state index is 0.743.